The third-order valence-electron chi connectivity index (χ3n) is 1.18. The van der Waals surface area contributed by atoms with E-state index in [1.807, 2.05) is 13.0 Å². The highest BCUT2D eigenvalue weighted by Crippen LogP contribution is 1.95. The maximum atomic E-state index is 5.34. The molecular formula is C8H16N2. The van der Waals surface area contributed by atoms with Gasteiger partial charge in [0, 0.05) is 6.54 Å². The number of allylic oxidation sites excluding steroid dienone is 1. The van der Waals surface area contributed by atoms with E-state index in [0.717, 1.165) is 19.4 Å². The number of nitrogens with zero attached hydrogens (tertiary/aromatic N) is 1. The Morgan fingerprint density at radius 2 is 2.30 bits per heavy atom. The van der Waals surface area contributed by atoms with E-state index in [0.29, 0.717) is 5.84 Å². The highest BCUT2D eigenvalue weighted by molar-refractivity contribution is 5.77. The molecule has 2 N–H and O–H groups in total. The second-order valence-corrected chi connectivity index (χ2v) is 2.31. The molecule has 2 heteroatoms. The molecule has 0 saturated heterocycles. The van der Waals surface area contributed by atoms with Crippen molar-refractivity contribution < 1.29 is 0 Å². The quantitative estimate of drug-likeness (QED) is 0.268. The van der Waals surface area contributed by atoms with Crippen molar-refractivity contribution >= 4 is 5.84 Å². The second-order valence-electron chi connectivity index (χ2n) is 2.31. The smallest absolute Gasteiger partial charge is 0.0905 e. The molecular weight excluding hydrogens is 124 g/mol. The number of unbranched alkanes of at least 4 members (excludes halogenated alkanes) is 2. The maximum absolute atomic E-state index is 5.34. The molecule has 0 aromatic rings. The van der Waals surface area contributed by atoms with Crippen LogP contribution in [0.2, 0.25) is 0 Å². The first kappa shape index (κ1) is 9.21. The molecule has 0 amide bonds. The molecule has 10 heavy (non-hydrogen) atoms. The number of aliphatic imine (C=N–C) groups is 1. The Morgan fingerprint density at radius 3 is 2.80 bits per heavy atom. The molecule has 0 aliphatic heterocycles. The predicted molar refractivity (Wildman–Crippen MR) is 46.2 cm³/mol. The van der Waals surface area contributed by atoms with Crippen LogP contribution in [0.3, 0.4) is 0 Å². The average molecular weight is 140 g/mol. The second kappa shape index (κ2) is 6.33. The largest absolute Gasteiger partial charge is 0.388 e. The van der Waals surface area contributed by atoms with Crippen LogP contribution in [0.15, 0.2) is 17.6 Å². The highest BCUT2D eigenvalue weighted by atomic mass is 14.8. The van der Waals surface area contributed by atoms with Crippen molar-refractivity contribution in [2.45, 2.75) is 26.2 Å². The van der Waals surface area contributed by atoms with Crippen LogP contribution in [0.5, 0.6) is 0 Å². The molecule has 0 spiro atoms. The van der Waals surface area contributed by atoms with Gasteiger partial charge in [-0.3, -0.25) is 4.99 Å². The van der Waals surface area contributed by atoms with Gasteiger partial charge in [-0.05, 0) is 26.2 Å². The Balaban J connectivity index is 3.05. The van der Waals surface area contributed by atoms with Gasteiger partial charge in [-0.15, -0.1) is 6.58 Å². The zero-order valence-corrected chi connectivity index (χ0v) is 6.64. The minimum Gasteiger partial charge on any atom is -0.388 e. The van der Waals surface area contributed by atoms with Crippen LogP contribution in [0.4, 0.5) is 0 Å². The lowest BCUT2D eigenvalue weighted by molar-refractivity contribution is 0.759. The zero-order chi connectivity index (χ0) is 7.82. The Bertz CT molecular complexity index is 112. The average Bonchev–Trinajstić information content (AvgIpc) is 1.87. The number of nitrogens with two attached hydrogens (primary N) is 1. The molecule has 0 saturated carbocycles. The summed E-state index contributed by atoms with van der Waals surface area (Å²) < 4.78 is 0. The van der Waals surface area contributed by atoms with Gasteiger partial charge in [0.25, 0.3) is 0 Å². The van der Waals surface area contributed by atoms with Crippen molar-refractivity contribution in [3.63, 3.8) is 0 Å². The first-order valence-corrected chi connectivity index (χ1v) is 3.65. The van der Waals surface area contributed by atoms with Crippen molar-refractivity contribution in [1.82, 2.24) is 0 Å². The van der Waals surface area contributed by atoms with Crippen LogP contribution in [-0.2, 0) is 0 Å². The van der Waals surface area contributed by atoms with Crippen LogP contribution in [0.25, 0.3) is 0 Å². The molecule has 0 aliphatic carbocycles. The minimum atomic E-state index is 0.679. The Kier molecular flexibility index (Phi) is 5.83. The molecule has 2 nitrogen and oxygen atoms in total. The fourth-order valence-electron chi connectivity index (χ4n) is 0.656. The van der Waals surface area contributed by atoms with E-state index < -0.39 is 0 Å². The lowest BCUT2D eigenvalue weighted by Gasteiger charge is -1.93. The SMILES string of the molecule is C=CCCCCN=C(C)N. The Labute approximate surface area is 62.8 Å². The molecule has 0 aromatic heterocycles. The molecule has 0 bridgehead atoms. The summed E-state index contributed by atoms with van der Waals surface area (Å²) in [6.45, 7) is 6.30. The lowest BCUT2D eigenvalue weighted by Crippen LogP contribution is -2.05. The van der Waals surface area contributed by atoms with E-state index in [1.165, 1.54) is 6.42 Å². The van der Waals surface area contributed by atoms with Crippen LogP contribution >= 0.6 is 0 Å². The first-order chi connectivity index (χ1) is 4.77. The van der Waals surface area contributed by atoms with E-state index in [2.05, 4.69) is 11.6 Å². The number of hydrogen-bond acceptors (Lipinski definition) is 1. The summed E-state index contributed by atoms with van der Waals surface area (Å²) in [5, 5.41) is 0. The summed E-state index contributed by atoms with van der Waals surface area (Å²) in [6.07, 6.45) is 5.29. The van der Waals surface area contributed by atoms with Crippen LogP contribution in [-0.4, -0.2) is 12.4 Å². The van der Waals surface area contributed by atoms with E-state index in [9.17, 15) is 0 Å². The summed E-state index contributed by atoms with van der Waals surface area (Å²) in [6, 6.07) is 0. The topological polar surface area (TPSA) is 38.4 Å². The minimum absolute atomic E-state index is 0.679. The fraction of sp³-hybridized carbons (Fsp3) is 0.625. The molecule has 58 valence electrons. The summed E-state index contributed by atoms with van der Waals surface area (Å²) in [5.74, 6) is 0.679. The molecule has 0 aromatic carbocycles. The first-order valence-electron chi connectivity index (χ1n) is 3.65. The van der Waals surface area contributed by atoms with E-state index >= 15 is 0 Å². The highest BCUT2D eigenvalue weighted by Gasteiger charge is 1.83. The molecule has 0 unspecified atom stereocenters. The summed E-state index contributed by atoms with van der Waals surface area (Å²) in [7, 11) is 0. The van der Waals surface area contributed by atoms with Gasteiger partial charge in [-0.25, -0.2) is 0 Å². The number of rotatable bonds is 5. The van der Waals surface area contributed by atoms with Crippen molar-refractivity contribution in [3.8, 4) is 0 Å². The maximum Gasteiger partial charge on any atom is 0.0905 e. The van der Waals surface area contributed by atoms with Crippen molar-refractivity contribution in [2.75, 3.05) is 6.54 Å². The van der Waals surface area contributed by atoms with E-state index in [1.54, 1.807) is 0 Å². The standard InChI is InChI=1S/C8H16N2/c1-3-4-5-6-7-10-8(2)9/h3H,1,4-7H2,2H3,(H2,9,10). The molecule has 0 rings (SSSR count). The van der Waals surface area contributed by atoms with Gasteiger partial charge in [-0.1, -0.05) is 6.08 Å². The van der Waals surface area contributed by atoms with Crippen molar-refractivity contribution in [3.05, 3.63) is 12.7 Å². The van der Waals surface area contributed by atoms with Gasteiger partial charge in [0.2, 0.25) is 0 Å². The molecule has 0 aliphatic rings. The monoisotopic (exact) mass is 140 g/mol. The van der Waals surface area contributed by atoms with Crippen LogP contribution in [0.1, 0.15) is 26.2 Å². The van der Waals surface area contributed by atoms with E-state index in [-0.39, 0.29) is 0 Å². The Hall–Kier alpha value is -0.790. The van der Waals surface area contributed by atoms with E-state index in [4.69, 9.17) is 5.73 Å². The van der Waals surface area contributed by atoms with Crippen molar-refractivity contribution in [2.24, 2.45) is 10.7 Å². The van der Waals surface area contributed by atoms with Gasteiger partial charge < -0.3 is 5.73 Å². The van der Waals surface area contributed by atoms with Gasteiger partial charge in [0.1, 0.15) is 0 Å². The fourth-order valence-corrected chi connectivity index (χ4v) is 0.656. The normalized spacial score (nSPS) is 11.5. The molecule has 0 heterocycles. The summed E-state index contributed by atoms with van der Waals surface area (Å²) in [5.41, 5.74) is 5.34. The predicted octanol–water partition coefficient (Wildman–Crippen LogP) is 1.72. The van der Waals surface area contributed by atoms with Gasteiger partial charge in [0.05, 0.1) is 5.84 Å². The third-order valence-corrected chi connectivity index (χ3v) is 1.18. The zero-order valence-electron chi connectivity index (χ0n) is 6.64. The summed E-state index contributed by atoms with van der Waals surface area (Å²) in [4.78, 5) is 4.06. The number of amidine groups is 1. The third kappa shape index (κ3) is 7.21. The van der Waals surface area contributed by atoms with Gasteiger partial charge >= 0.3 is 0 Å². The Morgan fingerprint density at radius 1 is 1.60 bits per heavy atom. The molecule has 0 radical (unpaired) electrons. The molecule has 0 fully saturated rings. The van der Waals surface area contributed by atoms with Crippen LogP contribution in [0, 0.1) is 0 Å². The summed E-state index contributed by atoms with van der Waals surface area (Å²) >= 11 is 0. The van der Waals surface area contributed by atoms with Gasteiger partial charge in [-0.2, -0.15) is 0 Å². The van der Waals surface area contributed by atoms with Crippen LogP contribution < -0.4 is 5.73 Å². The van der Waals surface area contributed by atoms with Crippen molar-refractivity contribution in [1.29, 1.82) is 0 Å². The van der Waals surface area contributed by atoms with Gasteiger partial charge in [0.15, 0.2) is 0 Å². The molecule has 0 atom stereocenters. The number of hydrogen-bond donors (Lipinski definition) is 1. The lowest BCUT2D eigenvalue weighted by atomic mass is 10.2.